The van der Waals surface area contributed by atoms with E-state index in [9.17, 15) is 14.7 Å². The van der Waals surface area contributed by atoms with E-state index in [1.54, 1.807) is 18.5 Å². The first-order chi connectivity index (χ1) is 17.1. The normalized spacial score (nSPS) is 13.4. The summed E-state index contributed by atoms with van der Waals surface area (Å²) in [7, 11) is 0. The summed E-state index contributed by atoms with van der Waals surface area (Å²) in [5, 5.41) is 20.0. The minimum absolute atomic E-state index is 0.288. The van der Waals surface area contributed by atoms with Crippen molar-refractivity contribution in [2.24, 2.45) is 0 Å². The highest BCUT2D eigenvalue weighted by Crippen LogP contribution is 2.47. The van der Waals surface area contributed by atoms with Crippen LogP contribution >= 0.6 is 11.3 Å². The van der Waals surface area contributed by atoms with Crippen LogP contribution in [-0.4, -0.2) is 40.1 Å². The van der Waals surface area contributed by atoms with Crippen LogP contribution in [0.15, 0.2) is 73.6 Å². The standard InChI is InChI=1S/C25H22N6O3S/c1-2-19(32)27-12-13-28-23(33)22-21-20-17(9-11-29-24(20)35-22)31(25(34)30-21)18-14-16(8-10-26-18)15-6-4-3-5-7-15/h2-11,14,23,28,33H,1,12-13H2,(H,27,32)(H,30,34). The van der Waals surface area contributed by atoms with Crippen molar-refractivity contribution in [2.75, 3.05) is 23.3 Å². The zero-order valence-electron chi connectivity index (χ0n) is 18.6. The minimum atomic E-state index is -1.05. The van der Waals surface area contributed by atoms with Crippen LogP contribution in [0, 0.1) is 0 Å². The molecule has 4 aromatic rings. The van der Waals surface area contributed by atoms with Gasteiger partial charge in [-0.3, -0.25) is 10.1 Å². The first kappa shape index (κ1) is 22.7. The van der Waals surface area contributed by atoms with E-state index in [0.29, 0.717) is 40.0 Å². The van der Waals surface area contributed by atoms with Crippen LogP contribution in [0.25, 0.3) is 21.3 Å². The molecule has 4 N–H and O–H groups in total. The number of anilines is 3. The Balaban J connectivity index is 1.47. The maximum Gasteiger partial charge on any atom is 0.332 e. The lowest BCUT2D eigenvalue weighted by Crippen LogP contribution is -2.35. The molecule has 0 bridgehead atoms. The van der Waals surface area contributed by atoms with E-state index in [2.05, 4.69) is 32.5 Å². The van der Waals surface area contributed by atoms with E-state index in [1.807, 2.05) is 42.5 Å². The summed E-state index contributed by atoms with van der Waals surface area (Å²) in [6.07, 6.45) is 3.45. The van der Waals surface area contributed by atoms with Gasteiger partial charge in [-0.2, -0.15) is 0 Å². The van der Waals surface area contributed by atoms with Crippen LogP contribution in [-0.2, 0) is 4.79 Å². The lowest BCUT2D eigenvalue weighted by atomic mass is 10.1. The number of hydrogen-bond donors (Lipinski definition) is 4. The van der Waals surface area contributed by atoms with Crippen molar-refractivity contribution in [1.29, 1.82) is 0 Å². The Hall–Kier alpha value is -4.12. The Kier molecular flexibility index (Phi) is 6.23. The first-order valence-corrected chi connectivity index (χ1v) is 11.7. The fraction of sp³-hybridized carbons (Fsp3) is 0.120. The Morgan fingerprint density at radius 3 is 2.74 bits per heavy atom. The van der Waals surface area contributed by atoms with Gasteiger partial charge in [0.25, 0.3) is 0 Å². The Bertz CT molecular complexity index is 1420. The molecule has 1 aliphatic heterocycles. The van der Waals surface area contributed by atoms with Crippen LogP contribution in [0.3, 0.4) is 0 Å². The molecule has 0 aliphatic carbocycles. The van der Waals surface area contributed by atoms with Crippen molar-refractivity contribution in [1.82, 2.24) is 20.6 Å². The zero-order valence-corrected chi connectivity index (χ0v) is 19.4. The van der Waals surface area contributed by atoms with Crippen molar-refractivity contribution in [3.05, 3.63) is 78.5 Å². The van der Waals surface area contributed by atoms with Gasteiger partial charge in [-0.15, -0.1) is 11.3 Å². The Morgan fingerprint density at radius 1 is 1.14 bits per heavy atom. The summed E-state index contributed by atoms with van der Waals surface area (Å²) >= 11 is 1.29. The molecule has 9 nitrogen and oxygen atoms in total. The predicted molar refractivity (Wildman–Crippen MR) is 137 cm³/mol. The largest absolute Gasteiger partial charge is 0.373 e. The number of benzene rings is 1. The molecule has 1 aliphatic rings. The summed E-state index contributed by atoms with van der Waals surface area (Å²) in [5.74, 6) is 0.191. The predicted octanol–water partition coefficient (Wildman–Crippen LogP) is 3.92. The van der Waals surface area contributed by atoms with E-state index in [1.165, 1.54) is 22.3 Å². The van der Waals surface area contributed by atoms with E-state index in [4.69, 9.17) is 0 Å². The fourth-order valence-electron chi connectivity index (χ4n) is 3.94. The quantitative estimate of drug-likeness (QED) is 0.170. The third kappa shape index (κ3) is 4.37. The highest BCUT2D eigenvalue weighted by molar-refractivity contribution is 7.19. The fourth-order valence-corrected chi connectivity index (χ4v) is 5.02. The Morgan fingerprint density at radius 2 is 1.94 bits per heavy atom. The molecule has 1 aromatic carbocycles. The van der Waals surface area contributed by atoms with Crippen molar-refractivity contribution in [3.8, 4) is 11.1 Å². The van der Waals surface area contributed by atoms with Crippen LogP contribution in [0.4, 0.5) is 22.0 Å². The second-order valence-electron chi connectivity index (χ2n) is 7.74. The topological polar surface area (TPSA) is 119 Å². The SMILES string of the molecule is C=CC(=O)NCCNC(O)c1sc2nccc3c2c1NC(=O)N3c1cc(-c2ccccc2)ccn1. The van der Waals surface area contributed by atoms with Crippen molar-refractivity contribution >= 4 is 50.7 Å². The molecule has 176 valence electrons. The van der Waals surface area contributed by atoms with Gasteiger partial charge in [-0.1, -0.05) is 36.9 Å². The molecule has 5 rings (SSSR count). The molecule has 1 atom stereocenters. The van der Waals surface area contributed by atoms with E-state index in [-0.39, 0.29) is 11.9 Å². The number of amides is 3. The van der Waals surface area contributed by atoms with Crippen LogP contribution in [0.2, 0.25) is 0 Å². The molecule has 10 heteroatoms. The van der Waals surface area contributed by atoms with Gasteiger partial charge >= 0.3 is 6.03 Å². The maximum atomic E-state index is 13.3. The van der Waals surface area contributed by atoms with Gasteiger partial charge in [0.2, 0.25) is 5.91 Å². The van der Waals surface area contributed by atoms with Gasteiger partial charge in [-0.05, 0) is 35.4 Å². The molecule has 0 radical (unpaired) electrons. The molecule has 3 aromatic heterocycles. The number of thiophene rings is 1. The average Bonchev–Trinajstić information content (AvgIpc) is 3.26. The molecule has 0 saturated carbocycles. The smallest absolute Gasteiger partial charge is 0.332 e. The lowest BCUT2D eigenvalue weighted by molar-refractivity contribution is -0.116. The highest BCUT2D eigenvalue weighted by Gasteiger charge is 2.33. The number of carbonyl (C=O) groups is 2. The van der Waals surface area contributed by atoms with Crippen LogP contribution < -0.4 is 20.9 Å². The summed E-state index contributed by atoms with van der Waals surface area (Å²) in [5.41, 5.74) is 3.11. The van der Waals surface area contributed by atoms with Gasteiger partial charge < -0.3 is 15.7 Å². The van der Waals surface area contributed by atoms with Crippen molar-refractivity contribution in [3.63, 3.8) is 0 Å². The number of nitrogens with zero attached hydrogens (tertiary/aromatic N) is 3. The number of carbonyl (C=O) groups excluding carboxylic acids is 2. The summed E-state index contributed by atoms with van der Waals surface area (Å²) in [4.78, 5) is 36.2. The number of nitrogens with one attached hydrogen (secondary N) is 3. The number of urea groups is 1. The summed E-state index contributed by atoms with van der Waals surface area (Å²) in [6, 6.07) is 15.0. The average molecular weight is 487 g/mol. The zero-order chi connectivity index (χ0) is 24.4. The molecule has 0 saturated heterocycles. The molecule has 3 amide bonds. The molecule has 35 heavy (non-hydrogen) atoms. The first-order valence-electron chi connectivity index (χ1n) is 10.9. The number of rotatable bonds is 8. The van der Waals surface area contributed by atoms with E-state index < -0.39 is 6.23 Å². The van der Waals surface area contributed by atoms with Crippen molar-refractivity contribution < 1.29 is 14.7 Å². The molecule has 4 heterocycles. The van der Waals surface area contributed by atoms with Gasteiger partial charge in [-0.25, -0.2) is 19.7 Å². The molecule has 1 unspecified atom stereocenters. The molecular formula is C25H22N6O3S. The summed E-state index contributed by atoms with van der Waals surface area (Å²) < 4.78 is 0. The third-order valence-electron chi connectivity index (χ3n) is 5.55. The van der Waals surface area contributed by atoms with Gasteiger partial charge in [0, 0.05) is 25.5 Å². The second-order valence-corrected chi connectivity index (χ2v) is 8.77. The molecule has 0 spiro atoms. The number of pyridine rings is 2. The number of aliphatic hydroxyl groups is 1. The number of hydrogen-bond acceptors (Lipinski definition) is 7. The van der Waals surface area contributed by atoms with Crippen LogP contribution in [0.1, 0.15) is 11.1 Å². The van der Waals surface area contributed by atoms with E-state index in [0.717, 1.165) is 16.5 Å². The van der Waals surface area contributed by atoms with E-state index >= 15 is 0 Å². The minimum Gasteiger partial charge on any atom is -0.373 e. The monoisotopic (exact) mass is 486 g/mol. The number of aliphatic hydroxyl groups excluding tert-OH is 1. The van der Waals surface area contributed by atoms with Crippen LogP contribution in [0.5, 0.6) is 0 Å². The Labute approximate surface area is 205 Å². The summed E-state index contributed by atoms with van der Waals surface area (Å²) in [6.45, 7) is 4.04. The van der Waals surface area contributed by atoms with Gasteiger partial charge in [0.15, 0.2) is 0 Å². The maximum absolute atomic E-state index is 13.3. The second kappa shape index (κ2) is 9.63. The van der Waals surface area contributed by atoms with Gasteiger partial charge in [0.1, 0.15) is 16.9 Å². The third-order valence-corrected chi connectivity index (χ3v) is 6.70. The lowest BCUT2D eigenvalue weighted by Gasteiger charge is -2.28. The molecule has 0 fully saturated rings. The highest BCUT2D eigenvalue weighted by atomic mass is 32.1. The number of aromatic nitrogens is 2. The van der Waals surface area contributed by atoms with Gasteiger partial charge in [0.05, 0.1) is 21.6 Å². The molecular weight excluding hydrogens is 464 g/mol. The van der Waals surface area contributed by atoms with Crippen molar-refractivity contribution in [2.45, 2.75) is 6.23 Å².